The van der Waals surface area contributed by atoms with Crippen LogP contribution in [0.1, 0.15) is 11.1 Å². The maximum atomic E-state index is 11.9. The molecule has 2 aromatic rings. The molecule has 0 unspecified atom stereocenters. The van der Waals surface area contributed by atoms with Crippen LogP contribution in [-0.2, 0) is 4.79 Å². The minimum atomic E-state index is -0.164. The Hall–Kier alpha value is -1.95. The van der Waals surface area contributed by atoms with E-state index in [0.717, 1.165) is 14.7 Å². The van der Waals surface area contributed by atoms with Crippen LogP contribution in [0.4, 0.5) is 0 Å². The van der Waals surface area contributed by atoms with Gasteiger partial charge in [0.15, 0.2) is 0 Å². The summed E-state index contributed by atoms with van der Waals surface area (Å²) >= 11 is 2.25. The molecule has 0 atom stereocenters. The van der Waals surface area contributed by atoms with Gasteiger partial charge in [-0.05, 0) is 46.4 Å². The smallest absolute Gasteiger partial charge is 0.275 e. The van der Waals surface area contributed by atoms with Crippen molar-refractivity contribution in [1.29, 1.82) is 0 Å². The SMILES string of the molecule is O=C1NC(c2ccccc2)=NC1=Cc1ccc(I)cc1. The van der Waals surface area contributed by atoms with E-state index in [9.17, 15) is 4.79 Å². The molecule has 3 nitrogen and oxygen atoms in total. The average molecular weight is 374 g/mol. The molecule has 4 heteroatoms. The van der Waals surface area contributed by atoms with E-state index < -0.39 is 0 Å². The number of benzene rings is 2. The first-order chi connectivity index (χ1) is 9.72. The highest BCUT2D eigenvalue weighted by atomic mass is 127. The summed E-state index contributed by atoms with van der Waals surface area (Å²) < 4.78 is 1.16. The average Bonchev–Trinajstić information content (AvgIpc) is 2.84. The summed E-state index contributed by atoms with van der Waals surface area (Å²) in [4.78, 5) is 16.3. The third-order valence-electron chi connectivity index (χ3n) is 2.92. The normalized spacial score (nSPS) is 16.1. The second-order valence-corrected chi connectivity index (χ2v) is 5.61. The number of nitrogens with zero attached hydrogens (tertiary/aromatic N) is 1. The Morgan fingerprint density at radius 3 is 2.40 bits per heavy atom. The highest BCUT2D eigenvalue weighted by Crippen LogP contribution is 2.16. The highest BCUT2D eigenvalue weighted by Gasteiger charge is 2.20. The molecule has 98 valence electrons. The second kappa shape index (κ2) is 5.58. The van der Waals surface area contributed by atoms with Gasteiger partial charge in [-0.2, -0.15) is 0 Å². The standard InChI is InChI=1S/C16H11IN2O/c17-13-8-6-11(7-9-13)10-14-16(20)19-15(18-14)12-4-2-1-3-5-12/h1-10H,(H,18,19,20). The molecule has 1 amide bonds. The summed E-state index contributed by atoms with van der Waals surface area (Å²) in [5.41, 5.74) is 2.31. The molecule has 20 heavy (non-hydrogen) atoms. The first kappa shape index (κ1) is 13.1. The van der Waals surface area contributed by atoms with Crippen LogP contribution in [0, 0.1) is 3.57 Å². The van der Waals surface area contributed by atoms with Crippen molar-refractivity contribution < 1.29 is 4.79 Å². The maximum Gasteiger partial charge on any atom is 0.275 e. The first-order valence-corrected chi connectivity index (χ1v) is 7.23. The number of hydrogen-bond acceptors (Lipinski definition) is 2. The Morgan fingerprint density at radius 2 is 1.70 bits per heavy atom. The predicted octanol–water partition coefficient (Wildman–Crippen LogP) is 3.21. The zero-order chi connectivity index (χ0) is 13.9. The van der Waals surface area contributed by atoms with E-state index in [1.807, 2.05) is 54.6 Å². The summed E-state index contributed by atoms with van der Waals surface area (Å²) in [5.74, 6) is 0.440. The highest BCUT2D eigenvalue weighted by molar-refractivity contribution is 14.1. The van der Waals surface area contributed by atoms with Gasteiger partial charge in [0.2, 0.25) is 0 Å². The van der Waals surface area contributed by atoms with Crippen LogP contribution in [0.2, 0.25) is 0 Å². The van der Waals surface area contributed by atoms with E-state index >= 15 is 0 Å². The van der Waals surface area contributed by atoms with Gasteiger partial charge < -0.3 is 5.32 Å². The Labute approximate surface area is 130 Å². The number of carbonyl (C=O) groups excluding carboxylic acids is 1. The number of halogens is 1. The minimum Gasteiger partial charge on any atom is -0.305 e. The van der Waals surface area contributed by atoms with Gasteiger partial charge in [0.05, 0.1) is 0 Å². The van der Waals surface area contributed by atoms with E-state index in [2.05, 4.69) is 32.9 Å². The summed E-state index contributed by atoms with van der Waals surface area (Å²) in [6.07, 6.45) is 1.79. The molecule has 1 heterocycles. The quantitative estimate of drug-likeness (QED) is 0.637. The second-order valence-electron chi connectivity index (χ2n) is 4.36. The number of amides is 1. The van der Waals surface area contributed by atoms with Crippen LogP contribution >= 0.6 is 22.6 Å². The molecule has 2 aromatic carbocycles. The lowest BCUT2D eigenvalue weighted by atomic mass is 10.2. The summed E-state index contributed by atoms with van der Waals surface area (Å²) in [6.45, 7) is 0. The van der Waals surface area contributed by atoms with Gasteiger partial charge in [0.25, 0.3) is 5.91 Å². The molecule has 0 saturated heterocycles. The molecule has 0 bridgehead atoms. The number of aliphatic imine (C=N–C) groups is 1. The lowest BCUT2D eigenvalue weighted by Crippen LogP contribution is -2.24. The number of nitrogens with one attached hydrogen (secondary N) is 1. The molecule has 3 rings (SSSR count). The zero-order valence-electron chi connectivity index (χ0n) is 10.5. The molecule has 1 N–H and O–H groups in total. The molecular weight excluding hydrogens is 363 g/mol. The van der Waals surface area contributed by atoms with Crippen molar-refractivity contribution in [1.82, 2.24) is 5.32 Å². The Kier molecular flexibility index (Phi) is 3.64. The molecule has 0 spiro atoms. The molecule has 0 aromatic heterocycles. The van der Waals surface area contributed by atoms with Crippen LogP contribution in [0.25, 0.3) is 6.08 Å². The minimum absolute atomic E-state index is 0.164. The number of hydrogen-bond donors (Lipinski definition) is 1. The fourth-order valence-electron chi connectivity index (χ4n) is 1.92. The molecule has 0 radical (unpaired) electrons. The van der Waals surface area contributed by atoms with E-state index in [1.54, 1.807) is 6.08 Å². The van der Waals surface area contributed by atoms with E-state index in [4.69, 9.17) is 0 Å². The fraction of sp³-hybridized carbons (Fsp3) is 0. The summed E-state index contributed by atoms with van der Waals surface area (Å²) in [7, 11) is 0. The zero-order valence-corrected chi connectivity index (χ0v) is 12.7. The number of amidine groups is 1. The summed E-state index contributed by atoms with van der Waals surface area (Å²) in [6, 6.07) is 17.6. The van der Waals surface area contributed by atoms with Gasteiger partial charge in [0.1, 0.15) is 11.5 Å². The number of carbonyl (C=O) groups is 1. The molecule has 0 aliphatic carbocycles. The first-order valence-electron chi connectivity index (χ1n) is 6.15. The fourth-order valence-corrected chi connectivity index (χ4v) is 2.28. The predicted molar refractivity (Wildman–Crippen MR) is 88.3 cm³/mol. The summed E-state index contributed by atoms with van der Waals surface area (Å²) in [5, 5.41) is 2.79. The van der Waals surface area contributed by atoms with Crippen LogP contribution in [0.15, 0.2) is 65.3 Å². The van der Waals surface area contributed by atoms with E-state index in [-0.39, 0.29) is 5.91 Å². The van der Waals surface area contributed by atoms with Crippen molar-refractivity contribution in [2.75, 3.05) is 0 Å². The van der Waals surface area contributed by atoms with Crippen LogP contribution in [0.3, 0.4) is 0 Å². The lowest BCUT2D eigenvalue weighted by Gasteiger charge is -1.98. The van der Waals surface area contributed by atoms with Crippen molar-refractivity contribution in [3.05, 3.63) is 75.0 Å². The lowest BCUT2D eigenvalue weighted by molar-refractivity contribution is -0.115. The topological polar surface area (TPSA) is 41.5 Å². The molecule has 0 fully saturated rings. The van der Waals surface area contributed by atoms with Gasteiger partial charge in [-0.3, -0.25) is 4.79 Å². The Balaban J connectivity index is 1.92. The molecular formula is C16H11IN2O. The largest absolute Gasteiger partial charge is 0.305 e. The van der Waals surface area contributed by atoms with Crippen LogP contribution in [-0.4, -0.2) is 11.7 Å². The van der Waals surface area contributed by atoms with Crippen molar-refractivity contribution in [2.24, 2.45) is 4.99 Å². The van der Waals surface area contributed by atoms with Crippen molar-refractivity contribution in [3.8, 4) is 0 Å². The van der Waals surface area contributed by atoms with Crippen LogP contribution < -0.4 is 5.32 Å². The van der Waals surface area contributed by atoms with Crippen molar-refractivity contribution >= 4 is 40.4 Å². The van der Waals surface area contributed by atoms with Crippen molar-refractivity contribution in [2.45, 2.75) is 0 Å². The van der Waals surface area contributed by atoms with Gasteiger partial charge in [0, 0.05) is 9.13 Å². The molecule has 1 aliphatic rings. The van der Waals surface area contributed by atoms with Crippen LogP contribution in [0.5, 0.6) is 0 Å². The van der Waals surface area contributed by atoms with E-state index in [1.165, 1.54) is 0 Å². The number of rotatable bonds is 2. The monoisotopic (exact) mass is 374 g/mol. The Morgan fingerprint density at radius 1 is 1.00 bits per heavy atom. The van der Waals surface area contributed by atoms with Gasteiger partial charge >= 0.3 is 0 Å². The van der Waals surface area contributed by atoms with Gasteiger partial charge in [-0.1, -0.05) is 42.5 Å². The van der Waals surface area contributed by atoms with E-state index in [0.29, 0.717) is 11.5 Å². The van der Waals surface area contributed by atoms with Crippen molar-refractivity contribution in [3.63, 3.8) is 0 Å². The molecule has 1 aliphatic heterocycles. The third kappa shape index (κ3) is 2.80. The van der Waals surface area contributed by atoms with Gasteiger partial charge in [-0.15, -0.1) is 0 Å². The Bertz CT molecular complexity index is 703. The molecule has 0 saturated carbocycles. The maximum absolute atomic E-state index is 11.9. The van der Waals surface area contributed by atoms with Gasteiger partial charge in [-0.25, -0.2) is 4.99 Å². The third-order valence-corrected chi connectivity index (χ3v) is 3.64.